The summed E-state index contributed by atoms with van der Waals surface area (Å²) >= 11 is 0. The molecule has 4 aromatic rings. The van der Waals surface area contributed by atoms with Gasteiger partial charge in [0.2, 0.25) is 17.9 Å². The molecule has 2 aliphatic heterocycles. The zero-order valence-electron chi connectivity index (χ0n) is 26.9. The lowest BCUT2D eigenvalue weighted by atomic mass is 9.76. The molecule has 258 valence electrons. The Morgan fingerprint density at radius 3 is 2.41 bits per heavy atom. The number of nitrogen functional groups attached to an aromatic ring is 1. The number of carboxylic acids is 1. The van der Waals surface area contributed by atoms with Gasteiger partial charge in [0.1, 0.15) is 11.9 Å². The zero-order chi connectivity index (χ0) is 34.9. The molecule has 0 amide bonds. The van der Waals surface area contributed by atoms with E-state index in [1.807, 2.05) is 4.90 Å². The third-order valence-electron chi connectivity index (χ3n) is 9.06. The van der Waals surface area contributed by atoms with E-state index in [1.54, 1.807) is 62.5 Å². The summed E-state index contributed by atoms with van der Waals surface area (Å²) in [5.74, 6) is -1.62. The minimum Gasteiger partial charge on any atom is -0.480 e. The van der Waals surface area contributed by atoms with Crippen molar-refractivity contribution in [2.75, 3.05) is 36.9 Å². The van der Waals surface area contributed by atoms with Gasteiger partial charge in [0, 0.05) is 37.5 Å². The summed E-state index contributed by atoms with van der Waals surface area (Å²) in [5.41, 5.74) is 7.95. The summed E-state index contributed by atoms with van der Waals surface area (Å²) in [6.07, 6.45) is -3.87. The molecule has 2 fully saturated rings. The molecule has 6 rings (SSSR count). The summed E-state index contributed by atoms with van der Waals surface area (Å²) in [5, 5.41) is 16.9. The average Bonchev–Trinajstić information content (AvgIpc) is 3.70. The number of piperidine rings is 1. The lowest BCUT2D eigenvalue weighted by Gasteiger charge is -2.39. The fourth-order valence-corrected chi connectivity index (χ4v) is 6.47. The smallest absolute Gasteiger partial charge is 0.429 e. The highest BCUT2D eigenvalue weighted by molar-refractivity contribution is 5.90. The predicted molar refractivity (Wildman–Crippen MR) is 173 cm³/mol. The van der Waals surface area contributed by atoms with E-state index in [-0.39, 0.29) is 35.1 Å². The number of carbonyl (C=O) groups is 2. The van der Waals surface area contributed by atoms with Crippen LogP contribution in [-0.4, -0.2) is 75.3 Å². The third-order valence-corrected chi connectivity index (χ3v) is 9.06. The monoisotopic (exact) mass is 679 g/mol. The molecule has 2 saturated heterocycles. The standard InChI is InChI=1S/C34H36F3N7O5/c1-3-48-31(47)22-6-4-21(5-7-22)23-8-9-24(26(16-23)44-13-10-20(2)42-44)29(34(35,36)37)49-28-17-27(40-32(38)41-28)43-14-11-33(12-15-43)18-25(30(45)46)39-19-33/h4-10,13,16-17,25,29,39H,3,11-12,14-15,18-19H2,1-2H3,(H,45,46)(H2,38,40,41)/t25-,29?/m0/s1. The number of benzene rings is 2. The molecule has 12 nitrogen and oxygen atoms in total. The van der Waals surface area contributed by atoms with Crippen molar-refractivity contribution < 1.29 is 37.3 Å². The lowest BCUT2D eigenvalue weighted by Crippen LogP contribution is -2.41. The molecule has 4 N–H and O–H groups in total. The van der Waals surface area contributed by atoms with Crippen molar-refractivity contribution >= 4 is 23.7 Å². The van der Waals surface area contributed by atoms with Crippen LogP contribution in [0.5, 0.6) is 5.88 Å². The second-order valence-corrected chi connectivity index (χ2v) is 12.4. The van der Waals surface area contributed by atoms with Crippen LogP contribution in [0.25, 0.3) is 16.8 Å². The summed E-state index contributed by atoms with van der Waals surface area (Å²) in [6, 6.07) is 13.5. The van der Waals surface area contributed by atoms with E-state index in [0.29, 0.717) is 67.1 Å². The Labute approximate surface area is 280 Å². The van der Waals surface area contributed by atoms with E-state index in [9.17, 15) is 27.9 Å². The molecule has 2 aromatic carbocycles. The number of nitrogens with two attached hydrogens (primary N) is 1. The number of hydrogen-bond acceptors (Lipinski definition) is 10. The van der Waals surface area contributed by atoms with Gasteiger partial charge < -0.3 is 30.5 Å². The van der Waals surface area contributed by atoms with Gasteiger partial charge in [0.25, 0.3) is 0 Å². The molecule has 2 atom stereocenters. The van der Waals surface area contributed by atoms with Crippen LogP contribution >= 0.6 is 0 Å². The van der Waals surface area contributed by atoms with Crippen molar-refractivity contribution in [1.82, 2.24) is 25.1 Å². The maximum absolute atomic E-state index is 14.9. The summed E-state index contributed by atoms with van der Waals surface area (Å²) in [7, 11) is 0. The first-order valence-corrected chi connectivity index (χ1v) is 15.9. The highest BCUT2D eigenvalue weighted by Gasteiger charge is 2.46. The number of aryl methyl sites for hydroxylation is 1. The molecule has 1 unspecified atom stereocenters. The van der Waals surface area contributed by atoms with E-state index in [0.717, 1.165) is 0 Å². The molecule has 15 heteroatoms. The van der Waals surface area contributed by atoms with Gasteiger partial charge in [-0.2, -0.15) is 28.2 Å². The van der Waals surface area contributed by atoms with E-state index in [2.05, 4.69) is 20.4 Å². The Hall–Kier alpha value is -5.18. The highest BCUT2D eigenvalue weighted by atomic mass is 19.4. The molecule has 1 spiro atoms. The quantitative estimate of drug-likeness (QED) is 0.202. The first kappa shape index (κ1) is 33.7. The first-order chi connectivity index (χ1) is 23.3. The fourth-order valence-electron chi connectivity index (χ4n) is 6.47. The van der Waals surface area contributed by atoms with Crippen molar-refractivity contribution in [1.29, 1.82) is 0 Å². The van der Waals surface area contributed by atoms with Crippen LogP contribution in [0.4, 0.5) is 24.9 Å². The predicted octanol–water partition coefficient (Wildman–Crippen LogP) is 5.11. The van der Waals surface area contributed by atoms with Crippen molar-refractivity contribution in [3.05, 3.63) is 77.6 Å². The Morgan fingerprint density at radius 2 is 1.80 bits per heavy atom. The third kappa shape index (κ3) is 7.31. The molecule has 2 aromatic heterocycles. The largest absolute Gasteiger partial charge is 0.480 e. The molecule has 0 saturated carbocycles. The van der Waals surface area contributed by atoms with Crippen LogP contribution in [0.1, 0.15) is 53.9 Å². The second kappa shape index (κ2) is 13.4. The second-order valence-electron chi connectivity index (χ2n) is 12.4. The molecule has 0 bridgehead atoms. The maximum atomic E-state index is 14.9. The molecular formula is C34H36F3N7O5. The van der Waals surface area contributed by atoms with E-state index in [1.165, 1.54) is 16.8 Å². The first-order valence-electron chi connectivity index (χ1n) is 15.9. The number of nitrogens with zero attached hydrogens (tertiary/aromatic N) is 5. The van der Waals surface area contributed by atoms with Gasteiger partial charge in [-0.05, 0) is 73.9 Å². The summed E-state index contributed by atoms with van der Waals surface area (Å²) in [6.45, 7) is 5.28. The number of rotatable bonds is 9. The van der Waals surface area contributed by atoms with Gasteiger partial charge in [-0.3, -0.25) is 4.79 Å². The van der Waals surface area contributed by atoms with E-state index in [4.69, 9.17) is 15.2 Å². The average molecular weight is 680 g/mol. The van der Waals surface area contributed by atoms with Crippen molar-refractivity contribution in [2.24, 2.45) is 5.41 Å². The van der Waals surface area contributed by atoms with Crippen LogP contribution in [0.15, 0.2) is 60.8 Å². The van der Waals surface area contributed by atoms with Crippen LogP contribution in [0.3, 0.4) is 0 Å². The minimum atomic E-state index is -4.87. The molecule has 2 aliphatic rings. The zero-order valence-corrected chi connectivity index (χ0v) is 26.9. The minimum absolute atomic E-state index is 0.135. The van der Waals surface area contributed by atoms with Crippen molar-refractivity contribution in [3.8, 4) is 22.7 Å². The van der Waals surface area contributed by atoms with Gasteiger partial charge in [-0.15, -0.1) is 0 Å². The Kier molecular flexibility index (Phi) is 9.20. The van der Waals surface area contributed by atoms with Gasteiger partial charge in [-0.1, -0.05) is 24.3 Å². The topological polar surface area (TPSA) is 158 Å². The molecule has 49 heavy (non-hydrogen) atoms. The fraction of sp³-hybridized carbons (Fsp3) is 0.382. The van der Waals surface area contributed by atoms with E-state index < -0.39 is 30.3 Å². The van der Waals surface area contributed by atoms with Crippen LogP contribution in [0, 0.1) is 12.3 Å². The summed E-state index contributed by atoms with van der Waals surface area (Å²) < 4.78 is 56.7. The number of alkyl halides is 3. The Morgan fingerprint density at radius 1 is 1.08 bits per heavy atom. The van der Waals surface area contributed by atoms with Crippen molar-refractivity contribution in [2.45, 2.75) is 51.4 Å². The number of halogens is 3. The molecule has 4 heterocycles. The van der Waals surface area contributed by atoms with Crippen molar-refractivity contribution in [3.63, 3.8) is 0 Å². The number of ether oxygens (including phenoxy) is 2. The maximum Gasteiger partial charge on any atom is 0.429 e. The van der Waals surface area contributed by atoms with Crippen LogP contribution in [0.2, 0.25) is 0 Å². The normalized spacial score (nSPS) is 18.0. The Balaban J connectivity index is 1.29. The Bertz CT molecular complexity index is 1840. The van der Waals surface area contributed by atoms with Gasteiger partial charge >= 0.3 is 18.1 Å². The van der Waals surface area contributed by atoms with E-state index >= 15 is 0 Å². The number of nitrogens with one attached hydrogen (secondary N) is 1. The number of carbonyl (C=O) groups excluding carboxylic acids is 1. The molecular weight excluding hydrogens is 643 g/mol. The van der Waals surface area contributed by atoms with Gasteiger partial charge in [0.05, 0.1) is 23.6 Å². The number of aliphatic carboxylic acids is 1. The summed E-state index contributed by atoms with van der Waals surface area (Å²) in [4.78, 5) is 33.8. The highest BCUT2D eigenvalue weighted by Crippen LogP contribution is 2.43. The van der Waals surface area contributed by atoms with Crippen LogP contribution in [-0.2, 0) is 9.53 Å². The number of carboxylic acid groups (broad SMARTS) is 1. The van der Waals surface area contributed by atoms with Gasteiger partial charge in [0.15, 0.2) is 0 Å². The van der Waals surface area contributed by atoms with Gasteiger partial charge in [-0.25, -0.2) is 9.48 Å². The molecule has 0 radical (unpaired) electrons. The number of esters is 1. The molecule has 0 aliphatic carbocycles. The number of anilines is 2. The SMILES string of the molecule is CCOC(=O)c1ccc(-c2ccc(C(Oc3cc(N4CCC5(CC4)CN[C@H](C(=O)O)C5)nc(N)n3)C(F)(F)F)c(-n3ccc(C)n3)c2)cc1. The number of aromatic nitrogens is 4. The lowest BCUT2D eigenvalue weighted by molar-refractivity contribution is -0.198. The number of hydrogen-bond donors (Lipinski definition) is 3. The van der Waals surface area contributed by atoms with Crippen LogP contribution < -0.4 is 20.7 Å².